The van der Waals surface area contributed by atoms with E-state index in [1.54, 1.807) is 0 Å². The Labute approximate surface area is 442 Å². The molecule has 0 saturated heterocycles. The zero-order chi connectivity index (χ0) is 50.7. The number of para-hydroxylation sites is 3. The van der Waals surface area contributed by atoms with Crippen LogP contribution in [0.1, 0.15) is 25.0 Å². The van der Waals surface area contributed by atoms with Crippen LogP contribution in [0.4, 0.5) is 0 Å². The molecule has 6 heteroatoms. The lowest BCUT2D eigenvalue weighted by Gasteiger charge is -2.22. The standard InChI is InChI=1S/C71H41N3O2S/c1-71(2)59-33-40(38-24-27-50-51(29-38)56-32-41(31-55-46-15-6-10-20-62(46)73(67(55)56)70(50)76)39-25-28-66-54(30-39)48-17-8-12-22-65(48)77-66)23-26-44(59)52-36-53-45-14-5-9-19-61(45)72(64(53)37-60(52)71)42-34-57-43-13-3-4-18-49(43)69(75)74-63-21-11-7-16-47(63)58(35-42)68(57)74/h3-37H,1-2H3. The first-order valence-corrected chi connectivity index (χ1v) is 27.2. The summed E-state index contributed by atoms with van der Waals surface area (Å²) in [6, 6.07) is 76.5. The zero-order valence-corrected chi connectivity index (χ0v) is 42.6. The maximum Gasteiger partial charge on any atom is 0.263 e. The third-order valence-corrected chi connectivity index (χ3v) is 18.8. The lowest BCUT2D eigenvalue weighted by molar-refractivity contribution is 0.661. The number of hydrogen-bond acceptors (Lipinski definition) is 3. The number of benzene rings is 11. The van der Waals surface area contributed by atoms with Gasteiger partial charge in [-0.2, -0.15) is 0 Å². The third-order valence-electron chi connectivity index (χ3n) is 17.7. The predicted molar refractivity (Wildman–Crippen MR) is 324 cm³/mol. The molecule has 0 N–H and O–H groups in total. The minimum atomic E-state index is -0.334. The first-order valence-electron chi connectivity index (χ1n) is 26.4. The molecule has 6 aromatic heterocycles. The second-order valence-corrected chi connectivity index (χ2v) is 23.0. The number of nitrogens with zero attached hydrogens (tertiary/aromatic N) is 3. The van der Waals surface area contributed by atoms with E-state index in [9.17, 15) is 9.59 Å². The molecule has 0 fully saturated rings. The molecule has 0 spiro atoms. The third kappa shape index (κ3) is 5.28. The van der Waals surface area contributed by atoms with Crippen LogP contribution in [0.5, 0.6) is 0 Å². The van der Waals surface area contributed by atoms with Gasteiger partial charge >= 0.3 is 0 Å². The maximum absolute atomic E-state index is 14.8. The Morgan fingerprint density at radius 2 is 0.805 bits per heavy atom. The summed E-state index contributed by atoms with van der Waals surface area (Å²) in [5.41, 5.74) is 16.4. The van der Waals surface area contributed by atoms with Crippen LogP contribution in [0.3, 0.4) is 0 Å². The van der Waals surface area contributed by atoms with E-state index in [0.717, 1.165) is 110 Å². The molecule has 0 aliphatic heterocycles. The quantitative estimate of drug-likeness (QED) is 0.166. The van der Waals surface area contributed by atoms with Gasteiger partial charge in [-0.1, -0.05) is 129 Å². The van der Waals surface area contributed by atoms with Gasteiger partial charge in [-0.3, -0.25) is 18.4 Å². The second-order valence-electron chi connectivity index (χ2n) is 21.9. The van der Waals surface area contributed by atoms with E-state index in [1.807, 2.05) is 50.5 Å². The van der Waals surface area contributed by atoms with E-state index >= 15 is 0 Å². The molecule has 6 heterocycles. The van der Waals surface area contributed by atoms with Crippen molar-refractivity contribution in [1.29, 1.82) is 0 Å². The van der Waals surface area contributed by atoms with Crippen molar-refractivity contribution in [3.8, 4) is 39.1 Å². The molecule has 0 saturated carbocycles. The van der Waals surface area contributed by atoms with Crippen LogP contribution in [0, 0.1) is 0 Å². The Morgan fingerprint density at radius 3 is 1.53 bits per heavy atom. The van der Waals surface area contributed by atoms with Crippen molar-refractivity contribution in [3.63, 3.8) is 0 Å². The Balaban J connectivity index is 0.821. The molecule has 0 amide bonds. The molecule has 0 radical (unpaired) electrons. The summed E-state index contributed by atoms with van der Waals surface area (Å²) in [5.74, 6) is 0. The van der Waals surface area contributed by atoms with Crippen LogP contribution in [0.15, 0.2) is 222 Å². The average Bonchev–Trinajstić information content (AvgIpc) is 4.44. The summed E-state index contributed by atoms with van der Waals surface area (Å²) in [7, 11) is 0. The number of hydrogen-bond donors (Lipinski definition) is 0. The van der Waals surface area contributed by atoms with Crippen LogP contribution in [0.25, 0.3) is 157 Å². The highest BCUT2D eigenvalue weighted by Crippen LogP contribution is 2.53. The van der Waals surface area contributed by atoms with Gasteiger partial charge in [0.15, 0.2) is 0 Å². The van der Waals surface area contributed by atoms with Crippen molar-refractivity contribution in [3.05, 3.63) is 244 Å². The number of thiophene rings is 1. The van der Waals surface area contributed by atoms with Gasteiger partial charge in [0.1, 0.15) is 0 Å². The summed E-state index contributed by atoms with van der Waals surface area (Å²) in [4.78, 5) is 29.0. The van der Waals surface area contributed by atoms with E-state index in [-0.39, 0.29) is 16.5 Å². The van der Waals surface area contributed by atoms with Crippen LogP contribution in [0.2, 0.25) is 0 Å². The molecule has 358 valence electrons. The van der Waals surface area contributed by atoms with E-state index in [4.69, 9.17) is 0 Å². The van der Waals surface area contributed by atoms with Crippen LogP contribution in [-0.4, -0.2) is 13.4 Å². The molecule has 1 aliphatic rings. The first kappa shape index (κ1) is 41.7. The zero-order valence-electron chi connectivity index (χ0n) is 41.8. The summed E-state index contributed by atoms with van der Waals surface area (Å²) in [6.07, 6.45) is 0. The van der Waals surface area contributed by atoms with Crippen molar-refractivity contribution in [1.82, 2.24) is 13.4 Å². The molecule has 17 aromatic rings. The Kier molecular flexibility index (Phi) is 7.80. The molecular formula is C71H41N3O2S. The van der Waals surface area contributed by atoms with E-state index in [2.05, 4.69) is 200 Å². The first-order chi connectivity index (χ1) is 37.8. The lowest BCUT2D eigenvalue weighted by atomic mass is 9.81. The normalized spacial score (nSPS) is 13.5. The van der Waals surface area contributed by atoms with Gasteiger partial charge in [0, 0.05) is 85.1 Å². The van der Waals surface area contributed by atoms with E-state index < -0.39 is 0 Å². The molecular weight excluding hydrogens is 959 g/mol. The summed E-state index contributed by atoms with van der Waals surface area (Å²) >= 11 is 1.84. The van der Waals surface area contributed by atoms with Gasteiger partial charge < -0.3 is 4.57 Å². The van der Waals surface area contributed by atoms with Gasteiger partial charge in [-0.15, -0.1) is 11.3 Å². The maximum atomic E-state index is 14.8. The number of aromatic nitrogens is 3. The molecule has 77 heavy (non-hydrogen) atoms. The Bertz CT molecular complexity index is 5670. The van der Waals surface area contributed by atoms with Crippen molar-refractivity contribution in [2.24, 2.45) is 0 Å². The van der Waals surface area contributed by atoms with Crippen molar-refractivity contribution >= 4 is 129 Å². The van der Waals surface area contributed by atoms with Crippen LogP contribution >= 0.6 is 11.3 Å². The van der Waals surface area contributed by atoms with E-state index in [1.165, 1.54) is 53.2 Å². The fourth-order valence-electron chi connectivity index (χ4n) is 14.1. The Morgan fingerprint density at radius 1 is 0.325 bits per heavy atom. The van der Waals surface area contributed by atoms with Gasteiger partial charge in [0.2, 0.25) is 0 Å². The highest BCUT2D eigenvalue weighted by Gasteiger charge is 2.37. The largest absolute Gasteiger partial charge is 0.309 e. The van der Waals surface area contributed by atoms with Crippen molar-refractivity contribution < 1.29 is 0 Å². The molecule has 11 aromatic carbocycles. The highest BCUT2D eigenvalue weighted by atomic mass is 32.1. The minimum absolute atomic E-state index is 0.00408. The van der Waals surface area contributed by atoms with Crippen molar-refractivity contribution in [2.75, 3.05) is 0 Å². The fourth-order valence-corrected chi connectivity index (χ4v) is 15.2. The molecule has 0 atom stereocenters. The predicted octanol–water partition coefficient (Wildman–Crippen LogP) is 17.8. The molecule has 1 aliphatic carbocycles. The summed E-state index contributed by atoms with van der Waals surface area (Å²) < 4.78 is 8.88. The Hall–Kier alpha value is -9.62. The second kappa shape index (κ2) is 14.4. The van der Waals surface area contributed by atoms with Gasteiger partial charge in [-0.25, -0.2) is 0 Å². The van der Waals surface area contributed by atoms with Gasteiger partial charge in [0.05, 0.1) is 33.1 Å². The number of fused-ring (bicyclic) bond motifs is 19. The topological polar surface area (TPSA) is 47.9 Å². The highest BCUT2D eigenvalue weighted by molar-refractivity contribution is 7.25. The smallest absolute Gasteiger partial charge is 0.263 e. The van der Waals surface area contributed by atoms with Crippen molar-refractivity contribution in [2.45, 2.75) is 19.3 Å². The van der Waals surface area contributed by atoms with Crippen LogP contribution in [-0.2, 0) is 5.41 Å². The molecule has 0 bridgehead atoms. The number of pyridine rings is 2. The molecule has 5 nitrogen and oxygen atoms in total. The van der Waals surface area contributed by atoms with Gasteiger partial charge in [0.25, 0.3) is 11.1 Å². The van der Waals surface area contributed by atoms with Crippen LogP contribution < -0.4 is 11.1 Å². The average molecular weight is 1000 g/mol. The summed E-state index contributed by atoms with van der Waals surface area (Å²) in [5, 5.41) is 14.7. The number of rotatable bonds is 3. The molecule has 0 unspecified atom stereocenters. The monoisotopic (exact) mass is 999 g/mol. The molecule has 18 rings (SSSR count). The minimum Gasteiger partial charge on any atom is -0.309 e. The SMILES string of the molecule is CC1(C)c2cc(-c3ccc4c(=O)n5c6ccccc6c6cc(-c7ccc8sc9ccccc9c8c7)cc(c4c3)c65)ccc2-c2cc3c4ccccc4n(-c4cc5c6ccccc6c(=O)n6c7ccccc7c(c4)c56)c3cc21. The van der Waals surface area contributed by atoms with Gasteiger partial charge in [-0.05, 0) is 152 Å². The lowest BCUT2D eigenvalue weighted by Crippen LogP contribution is -2.15. The summed E-state index contributed by atoms with van der Waals surface area (Å²) in [6.45, 7) is 4.73. The van der Waals surface area contributed by atoms with E-state index in [0.29, 0.717) is 5.39 Å². The fraction of sp³-hybridized carbons (Fsp3) is 0.0423.